The van der Waals surface area contributed by atoms with Crippen molar-refractivity contribution in [3.05, 3.63) is 51.6 Å². The first-order valence-corrected chi connectivity index (χ1v) is 7.19. The van der Waals surface area contributed by atoms with Crippen LogP contribution in [0, 0.1) is 10.1 Å². The van der Waals surface area contributed by atoms with E-state index in [9.17, 15) is 14.9 Å². The predicted octanol–water partition coefficient (Wildman–Crippen LogP) is 3.93. The molecule has 0 spiro atoms. The summed E-state index contributed by atoms with van der Waals surface area (Å²) < 4.78 is 10.7. The number of aldehydes is 1. The van der Waals surface area contributed by atoms with Crippen molar-refractivity contribution in [3.8, 4) is 22.6 Å². The molecule has 6 heteroatoms. The van der Waals surface area contributed by atoms with E-state index in [1.54, 1.807) is 0 Å². The van der Waals surface area contributed by atoms with E-state index < -0.39 is 4.92 Å². The topological polar surface area (TPSA) is 78.7 Å². The summed E-state index contributed by atoms with van der Waals surface area (Å²) in [5.74, 6) is 1.02. The average Bonchev–Trinajstić information content (AvgIpc) is 3.01. The molecule has 0 aliphatic carbocycles. The first-order chi connectivity index (χ1) is 11.0. The van der Waals surface area contributed by atoms with Gasteiger partial charge in [0.2, 0.25) is 6.79 Å². The zero-order valence-corrected chi connectivity index (χ0v) is 12.7. The summed E-state index contributed by atoms with van der Waals surface area (Å²) in [4.78, 5) is 22.2. The Bertz CT molecular complexity index is 781. The average molecular weight is 313 g/mol. The van der Waals surface area contributed by atoms with Crippen molar-refractivity contribution in [3.63, 3.8) is 0 Å². The van der Waals surface area contributed by atoms with Gasteiger partial charge in [0, 0.05) is 5.56 Å². The molecule has 0 aromatic heterocycles. The van der Waals surface area contributed by atoms with Crippen LogP contribution in [0.25, 0.3) is 11.1 Å². The fourth-order valence-corrected chi connectivity index (χ4v) is 2.64. The monoisotopic (exact) mass is 313 g/mol. The van der Waals surface area contributed by atoms with Gasteiger partial charge in [-0.3, -0.25) is 14.9 Å². The summed E-state index contributed by atoms with van der Waals surface area (Å²) in [7, 11) is 0. The highest BCUT2D eigenvalue weighted by Crippen LogP contribution is 2.47. The Hall–Kier alpha value is -2.89. The number of carbonyl (C=O) groups excluding carboxylic acids is 1. The van der Waals surface area contributed by atoms with Crippen LogP contribution in [0.4, 0.5) is 5.69 Å². The molecule has 0 bridgehead atoms. The molecule has 1 heterocycles. The SMILES string of the molecule is CC(C)c1ccc(-c2c(C=O)c([N+](=O)[O-])cc3c2OCO3)cc1. The van der Waals surface area contributed by atoms with E-state index in [-0.39, 0.29) is 23.8 Å². The lowest BCUT2D eigenvalue weighted by Crippen LogP contribution is -1.99. The van der Waals surface area contributed by atoms with Crippen molar-refractivity contribution in [2.24, 2.45) is 0 Å². The highest BCUT2D eigenvalue weighted by Gasteiger charge is 2.30. The van der Waals surface area contributed by atoms with Gasteiger partial charge in [-0.05, 0) is 17.0 Å². The number of fused-ring (bicyclic) bond motifs is 1. The Balaban J connectivity index is 2.25. The number of nitro groups is 1. The molecule has 118 valence electrons. The molecular weight excluding hydrogens is 298 g/mol. The third kappa shape index (κ3) is 2.52. The van der Waals surface area contributed by atoms with Gasteiger partial charge >= 0.3 is 0 Å². The van der Waals surface area contributed by atoms with E-state index in [2.05, 4.69) is 13.8 Å². The molecule has 0 atom stereocenters. The van der Waals surface area contributed by atoms with Gasteiger partial charge in [0.1, 0.15) is 5.56 Å². The molecule has 0 saturated heterocycles. The highest BCUT2D eigenvalue weighted by atomic mass is 16.7. The second kappa shape index (κ2) is 5.72. The molecule has 23 heavy (non-hydrogen) atoms. The first kappa shape index (κ1) is 15.0. The highest BCUT2D eigenvalue weighted by molar-refractivity contribution is 5.97. The second-order valence-corrected chi connectivity index (χ2v) is 5.57. The molecule has 1 aliphatic rings. The van der Waals surface area contributed by atoms with Gasteiger partial charge in [0.15, 0.2) is 17.8 Å². The van der Waals surface area contributed by atoms with Gasteiger partial charge in [-0.15, -0.1) is 0 Å². The maximum absolute atomic E-state index is 11.5. The first-order valence-electron chi connectivity index (χ1n) is 7.19. The predicted molar refractivity (Wildman–Crippen MR) is 84.1 cm³/mol. The summed E-state index contributed by atoms with van der Waals surface area (Å²) >= 11 is 0. The van der Waals surface area contributed by atoms with Crippen molar-refractivity contribution in [2.75, 3.05) is 6.79 Å². The molecule has 0 N–H and O–H groups in total. The van der Waals surface area contributed by atoms with Gasteiger partial charge in [0.05, 0.1) is 11.0 Å². The van der Waals surface area contributed by atoms with Crippen LogP contribution < -0.4 is 9.47 Å². The van der Waals surface area contributed by atoms with Gasteiger partial charge in [-0.1, -0.05) is 38.1 Å². The molecule has 6 nitrogen and oxygen atoms in total. The van der Waals surface area contributed by atoms with Crippen molar-refractivity contribution < 1.29 is 19.2 Å². The lowest BCUT2D eigenvalue weighted by atomic mass is 9.94. The van der Waals surface area contributed by atoms with Crippen LogP contribution in [0.15, 0.2) is 30.3 Å². The molecule has 0 saturated carbocycles. The number of rotatable bonds is 4. The van der Waals surface area contributed by atoms with Crippen LogP contribution in [0.3, 0.4) is 0 Å². The molecule has 0 amide bonds. The lowest BCUT2D eigenvalue weighted by molar-refractivity contribution is -0.385. The Morgan fingerprint density at radius 2 is 1.91 bits per heavy atom. The summed E-state index contributed by atoms with van der Waals surface area (Å²) in [6, 6.07) is 8.79. The summed E-state index contributed by atoms with van der Waals surface area (Å²) in [6.45, 7) is 4.13. The Labute approximate surface area is 132 Å². The van der Waals surface area contributed by atoms with Crippen molar-refractivity contribution in [1.29, 1.82) is 0 Å². The third-order valence-electron chi connectivity index (χ3n) is 3.86. The molecule has 0 fully saturated rings. The fourth-order valence-electron chi connectivity index (χ4n) is 2.64. The van der Waals surface area contributed by atoms with E-state index in [1.807, 2.05) is 24.3 Å². The number of hydrogen-bond donors (Lipinski definition) is 0. The largest absolute Gasteiger partial charge is 0.453 e. The molecule has 3 rings (SSSR count). The summed E-state index contributed by atoms with van der Waals surface area (Å²) in [5.41, 5.74) is 1.93. The number of nitrogens with zero attached hydrogens (tertiary/aromatic N) is 1. The van der Waals surface area contributed by atoms with Crippen LogP contribution >= 0.6 is 0 Å². The van der Waals surface area contributed by atoms with Crippen LogP contribution in [-0.2, 0) is 0 Å². The molecule has 2 aromatic carbocycles. The van der Waals surface area contributed by atoms with E-state index in [0.29, 0.717) is 29.1 Å². The molecule has 1 aliphatic heterocycles. The summed E-state index contributed by atoms with van der Waals surface area (Å²) in [5, 5.41) is 11.3. The van der Waals surface area contributed by atoms with Crippen LogP contribution in [0.2, 0.25) is 0 Å². The molecular formula is C17H15NO5. The fraction of sp³-hybridized carbons (Fsp3) is 0.235. The third-order valence-corrected chi connectivity index (χ3v) is 3.86. The quantitative estimate of drug-likeness (QED) is 0.485. The van der Waals surface area contributed by atoms with Gasteiger partial charge < -0.3 is 9.47 Å². The van der Waals surface area contributed by atoms with Crippen molar-refractivity contribution in [1.82, 2.24) is 0 Å². The standard InChI is InChI=1S/C17H15NO5/c1-10(2)11-3-5-12(6-4-11)16-13(8-19)14(18(20)21)7-15-17(16)23-9-22-15/h3-8,10H,9H2,1-2H3. The van der Waals surface area contributed by atoms with Gasteiger partial charge in [0.25, 0.3) is 5.69 Å². The minimum absolute atomic E-state index is 0.00320. The van der Waals surface area contributed by atoms with E-state index in [4.69, 9.17) is 9.47 Å². The van der Waals surface area contributed by atoms with E-state index in [0.717, 1.165) is 5.56 Å². The van der Waals surface area contributed by atoms with Crippen LogP contribution in [0.1, 0.15) is 35.7 Å². The summed E-state index contributed by atoms with van der Waals surface area (Å²) in [6.07, 6.45) is 0.492. The molecule has 2 aromatic rings. The van der Waals surface area contributed by atoms with Gasteiger partial charge in [-0.2, -0.15) is 0 Å². The number of carbonyl (C=O) groups is 1. The van der Waals surface area contributed by atoms with E-state index >= 15 is 0 Å². The van der Waals surface area contributed by atoms with Crippen molar-refractivity contribution in [2.45, 2.75) is 19.8 Å². The van der Waals surface area contributed by atoms with Crippen molar-refractivity contribution >= 4 is 12.0 Å². The van der Waals surface area contributed by atoms with E-state index in [1.165, 1.54) is 6.07 Å². The Morgan fingerprint density at radius 3 is 2.48 bits per heavy atom. The Kier molecular flexibility index (Phi) is 3.73. The molecule has 0 unspecified atom stereocenters. The minimum Gasteiger partial charge on any atom is -0.453 e. The number of nitro benzene ring substituents is 1. The normalized spacial score (nSPS) is 12.5. The smallest absolute Gasteiger partial charge is 0.284 e. The maximum Gasteiger partial charge on any atom is 0.284 e. The number of ether oxygens (including phenoxy) is 2. The maximum atomic E-state index is 11.5. The number of hydrogen-bond acceptors (Lipinski definition) is 5. The minimum atomic E-state index is -0.586. The Morgan fingerprint density at radius 1 is 1.22 bits per heavy atom. The second-order valence-electron chi connectivity index (χ2n) is 5.57. The zero-order chi connectivity index (χ0) is 16.6. The lowest BCUT2D eigenvalue weighted by Gasteiger charge is -2.11. The zero-order valence-electron chi connectivity index (χ0n) is 12.7. The van der Waals surface area contributed by atoms with Crippen LogP contribution in [0.5, 0.6) is 11.5 Å². The van der Waals surface area contributed by atoms with Crippen LogP contribution in [-0.4, -0.2) is 18.0 Å². The van der Waals surface area contributed by atoms with Gasteiger partial charge in [-0.25, -0.2) is 0 Å². The molecule has 0 radical (unpaired) electrons. The number of benzene rings is 2.